The molecular formula is C21H18N2O. The van der Waals surface area contributed by atoms with Crippen molar-refractivity contribution < 1.29 is 7.16 Å². The fraction of sp³-hybridized carbons (Fsp3) is 0.238. The van der Waals surface area contributed by atoms with Crippen LogP contribution in [0.4, 0.5) is 0 Å². The largest absolute Gasteiger partial charge is 0.455 e. The van der Waals surface area contributed by atoms with Crippen LogP contribution in [0.5, 0.6) is 0 Å². The first kappa shape index (κ1) is 11.8. The Kier molecular flexibility index (Phi) is 2.68. The average molecular weight is 316 g/mol. The number of aromatic nitrogens is 2. The van der Waals surface area contributed by atoms with E-state index in [0.29, 0.717) is 11.6 Å². The molecule has 1 saturated carbocycles. The van der Waals surface area contributed by atoms with Crippen LogP contribution in [0.25, 0.3) is 33.2 Å². The van der Waals surface area contributed by atoms with Gasteiger partial charge in [0.1, 0.15) is 11.2 Å². The van der Waals surface area contributed by atoms with Gasteiger partial charge in [-0.2, -0.15) is 0 Å². The number of hydrogen-bond donors (Lipinski definition) is 0. The molecule has 0 spiro atoms. The molecule has 0 amide bonds. The lowest BCUT2D eigenvalue weighted by atomic mass is 9.97. The normalized spacial score (nSPS) is 16.7. The Morgan fingerprint density at radius 2 is 1.96 bits per heavy atom. The van der Waals surface area contributed by atoms with Gasteiger partial charge in [-0.05, 0) is 36.9 Å². The van der Waals surface area contributed by atoms with Gasteiger partial charge in [0.2, 0.25) is 0 Å². The van der Waals surface area contributed by atoms with Gasteiger partial charge < -0.3 is 4.42 Å². The van der Waals surface area contributed by atoms with Gasteiger partial charge >= 0.3 is 0 Å². The van der Waals surface area contributed by atoms with E-state index in [9.17, 15) is 0 Å². The smallest absolute Gasteiger partial charge is 0.144 e. The van der Waals surface area contributed by atoms with E-state index in [2.05, 4.69) is 9.97 Å². The summed E-state index contributed by atoms with van der Waals surface area (Å²) in [6.07, 6.45) is 10.3. The fourth-order valence-electron chi connectivity index (χ4n) is 3.87. The SMILES string of the molecule is [2H]c1ccnc(-c2cccc3c2oc2c(C4CCCC4)cncc23)c1[2H]. The average Bonchev–Trinajstić information content (AvgIpc) is 3.31. The number of para-hydroxylation sites is 1. The van der Waals surface area contributed by atoms with Gasteiger partial charge in [-0.3, -0.25) is 9.97 Å². The maximum absolute atomic E-state index is 8.22. The van der Waals surface area contributed by atoms with Crippen molar-refractivity contribution >= 4 is 21.9 Å². The summed E-state index contributed by atoms with van der Waals surface area (Å²) in [5, 5.41) is 2.00. The lowest BCUT2D eigenvalue weighted by molar-refractivity contribution is 0.642. The Morgan fingerprint density at radius 1 is 1.04 bits per heavy atom. The zero-order valence-corrected chi connectivity index (χ0v) is 13.2. The number of rotatable bonds is 2. The van der Waals surface area contributed by atoms with Crippen LogP contribution in [0.2, 0.25) is 0 Å². The van der Waals surface area contributed by atoms with Crippen molar-refractivity contribution in [2.75, 3.05) is 0 Å². The minimum absolute atomic E-state index is 0.120. The van der Waals surface area contributed by atoms with Gasteiger partial charge in [-0.15, -0.1) is 0 Å². The number of pyridine rings is 2. The van der Waals surface area contributed by atoms with Gasteiger partial charge in [0.15, 0.2) is 0 Å². The lowest BCUT2D eigenvalue weighted by Gasteiger charge is -2.08. The minimum Gasteiger partial charge on any atom is -0.455 e. The standard InChI is InChI=1S/C21H18N2O/c1-2-7-14(6-1)17-12-22-13-18-15-8-5-9-16(20(15)24-21(17)18)19-10-3-4-11-23-19/h3-5,8-14H,1-2,6-7H2/i3D,10D. The highest BCUT2D eigenvalue weighted by Gasteiger charge is 2.23. The van der Waals surface area contributed by atoms with Gasteiger partial charge in [0.25, 0.3) is 0 Å². The molecule has 0 aliphatic heterocycles. The maximum atomic E-state index is 8.22. The first-order chi connectivity index (χ1) is 12.7. The predicted molar refractivity (Wildman–Crippen MR) is 96.0 cm³/mol. The minimum atomic E-state index is 0.120. The van der Waals surface area contributed by atoms with Crippen molar-refractivity contribution in [3.05, 3.63) is 60.5 Å². The molecule has 0 radical (unpaired) electrons. The summed E-state index contributed by atoms with van der Waals surface area (Å²) < 4.78 is 22.5. The van der Waals surface area contributed by atoms with Crippen LogP contribution in [-0.2, 0) is 0 Å². The van der Waals surface area contributed by atoms with Crippen molar-refractivity contribution in [3.63, 3.8) is 0 Å². The van der Waals surface area contributed by atoms with Crippen LogP contribution in [0.15, 0.2) is 59.4 Å². The maximum Gasteiger partial charge on any atom is 0.144 e. The van der Waals surface area contributed by atoms with E-state index in [1.165, 1.54) is 37.3 Å². The van der Waals surface area contributed by atoms with Crippen molar-refractivity contribution in [1.29, 1.82) is 0 Å². The molecule has 3 aromatic heterocycles. The van der Waals surface area contributed by atoms with Crippen molar-refractivity contribution in [2.24, 2.45) is 0 Å². The Morgan fingerprint density at radius 3 is 2.88 bits per heavy atom. The highest BCUT2D eigenvalue weighted by Crippen LogP contribution is 2.41. The molecule has 0 unspecified atom stereocenters. The Hall–Kier alpha value is -2.68. The quantitative estimate of drug-likeness (QED) is 0.476. The molecule has 1 aliphatic carbocycles. The van der Waals surface area contributed by atoms with E-state index in [1.807, 2.05) is 30.6 Å². The van der Waals surface area contributed by atoms with E-state index < -0.39 is 0 Å². The molecule has 3 heteroatoms. The van der Waals surface area contributed by atoms with Crippen molar-refractivity contribution in [1.82, 2.24) is 9.97 Å². The Balaban J connectivity index is 1.80. The van der Waals surface area contributed by atoms with E-state index in [1.54, 1.807) is 6.20 Å². The third kappa shape index (κ3) is 2.04. The van der Waals surface area contributed by atoms with Gasteiger partial charge in [-0.25, -0.2) is 0 Å². The predicted octanol–water partition coefficient (Wildman–Crippen LogP) is 5.70. The number of hydrogen-bond acceptors (Lipinski definition) is 3. The molecule has 0 saturated heterocycles. The zero-order chi connectivity index (χ0) is 17.7. The molecule has 1 aliphatic rings. The molecule has 0 atom stereocenters. The summed E-state index contributed by atoms with van der Waals surface area (Å²) >= 11 is 0. The van der Waals surface area contributed by atoms with Crippen molar-refractivity contribution in [3.8, 4) is 11.3 Å². The second kappa shape index (κ2) is 5.45. The van der Waals surface area contributed by atoms with Gasteiger partial charge in [0, 0.05) is 40.5 Å². The van der Waals surface area contributed by atoms with Crippen LogP contribution in [-0.4, -0.2) is 9.97 Å². The number of nitrogens with zero attached hydrogens (tertiary/aromatic N) is 2. The topological polar surface area (TPSA) is 38.9 Å². The first-order valence-electron chi connectivity index (χ1n) is 9.45. The molecule has 0 N–H and O–H groups in total. The fourth-order valence-corrected chi connectivity index (χ4v) is 3.87. The Labute approximate surface area is 143 Å². The van der Waals surface area contributed by atoms with Crippen LogP contribution >= 0.6 is 0 Å². The third-order valence-corrected chi connectivity index (χ3v) is 5.04. The second-order valence-electron chi connectivity index (χ2n) is 6.43. The molecule has 4 aromatic rings. The van der Waals surface area contributed by atoms with Crippen LogP contribution in [0.3, 0.4) is 0 Å². The molecule has 3 nitrogen and oxygen atoms in total. The van der Waals surface area contributed by atoms with E-state index in [4.69, 9.17) is 7.16 Å². The molecule has 0 bridgehead atoms. The highest BCUT2D eigenvalue weighted by molar-refractivity contribution is 6.09. The summed E-state index contributed by atoms with van der Waals surface area (Å²) in [7, 11) is 0. The second-order valence-corrected chi connectivity index (χ2v) is 6.43. The number of furan rings is 1. The highest BCUT2D eigenvalue weighted by atomic mass is 16.3. The molecule has 5 rings (SSSR count). The van der Waals surface area contributed by atoms with Gasteiger partial charge in [0.05, 0.1) is 8.44 Å². The molecule has 1 aromatic carbocycles. The summed E-state index contributed by atoms with van der Waals surface area (Å²) in [6, 6.07) is 7.71. The summed E-state index contributed by atoms with van der Waals surface area (Å²) in [6.45, 7) is 0. The molecule has 1 fully saturated rings. The number of benzene rings is 1. The summed E-state index contributed by atoms with van der Waals surface area (Å²) in [5.41, 5.74) is 4.06. The first-order valence-corrected chi connectivity index (χ1v) is 8.45. The monoisotopic (exact) mass is 316 g/mol. The van der Waals surface area contributed by atoms with Crippen LogP contribution in [0.1, 0.15) is 39.9 Å². The molecule has 3 heterocycles. The number of fused-ring (bicyclic) bond motifs is 3. The molecular weight excluding hydrogens is 296 g/mol. The van der Waals surface area contributed by atoms with E-state index in [0.717, 1.165) is 27.5 Å². The zero-order valence-electron chi connectivity index (χ0n) is 15.2. The molecule has 118 valence electrons. The van der Waals surface area contributed by atoms with Crippen LogP contribution in [0, 0.1) is 0 Å². The summed E-state index contributed by atoms with van der Waals surface area (Å²) in [5.74, 6) is 0.511. The van der Waals surface area contributed by atoms with Crippen LogP contribution < -0.4 is 0 Å². The lowest BCUT2D eigenvalue weighted by Crippen LogP contribution is -1.93. The molecule has 24 heavy (non-hydrogen) atoms. The summed E-state index contributed by atoms with van der Waals surface area (Å²) in [4.78, 5) is 8.82. The third-order valence-electron chi connectivity index (χ3n) is 5.04. The van der Waals surface area contributed by atoms with Gasteiger partial charge in [-0.1, -0.05) is 31.0 Å². The van der Waals surface area contributed by atoms with Crippen molar-refractivity contribution in [2.45, 2.75) is 31.6 Å². The van der Waals surface area contributed by atoms with E-state index >= 15 is 0 Å². The Bertz CT molecular complexity index is 1130. The van der Waals surface area contributed by atoms with E-state index in [-0.39, 0.29) is 12.1 Å².